The number of carbonyl (C=O) groups is 2. The highest BCUT2D eigenvalue weighted by atomic mass is 16.6. The summed E-state index contributed by atoms with van der Waals surface area (Å²) >= 11 is 0. The lowest BCUT2D eigenvalue weighted by molar-refractivity contribution is 0.000550. The number of rotatable bonds is 6. The monoisotopic (exact) mass is 541 g/mol. The summed E-state index contributed by atoms with van der Waals surface area (Å²) in [7, 11) is 1.72. The van der Waals surface area contributed by atoms with Gasteiger partial charge < -0.3 is 19.3 Å². The molecule has 2 amide bonds. The predicted octanol–water partition coefficient (Wildman–Crippen LogP) is 5.46. The third kappa shape index (κ3) is 7.36. The van der Waals surface area contributed by atoms with Gasteiger partial charge in [-0.05, 0) is 75.7 Å². The van der Waals surface area contributed by atoms with Gasteiger partial charge in [-0.2, -0.15) is 5.26 Å². The summed E-state index contributed by atoms with van der Waals surface area (Å²) < 4.78 is 11.3. The van der Waals surface area contributed by atoms with E-state index in [1.807, 2.05) is 52.0 Å². The fourth-order valence-electron chi connectivity index (χ4n) is 4.47. The lowest BCUT2D eigenvalue weighted by Crippen LogP contribution is -2.54. The topological polar surface area (TPSA) is 99.0 Å². The molecule has 0 spiro atoms. The van der Waals surface area contributed by atoms with Crippen molar-refractivity contribution in [3.8, 4) is 17.6 Å². The summed E-state index contributed by atoms with van der Waals surface area (Å²) in [6.45, 7) is 10.6. The Hall–Kier alpha value is -4.42. The molecule has 208 valence electrons. The van der Waals surface area contributed by atoms with Crippen molar-refractivity contribution >= 4 is 17.7 Å². The molecule has 1 aromatic heterocycles. The van der Waals surface area contributed by atoms with Crippen LogP contribution in [0.3, 0.4) is 0 Å². The number of benzene rings is 2. The van der Waals surface area contributed by atoms with Crippen molar-refractivity contribution in [2.24, 2.45) is 0 Å². The molecule has 1 saturated heterocycles. The molecule has 0 aliphatic carbocycles. The van der Waals surface area contributed by atoms with Gasteiger partial charge in [-0.25, -0.2) is 9.78 Å². The van der Waals surface area contributed by atoms with E-state index in [1.54, 1.807) is 53.2 Å². The zero-order chi connectivity index (χ0) is 28.9. The lowest BCUT2D eigenvalue weighted by Gasteiger charge is -2.40. The molecule has 0 N–H and O–H groups in total. The van der Waals surface area contributed by atoms with Crippen LogP contribution in [0.25, 0.3) is 0 Å². The highest BCUT2D eigenvalue weighted by Gasteiger charge is 2.30. The maximum Gasteiger partial charge on any atom is 0.410 e. The van der Waals surface area contributed by atoms with E-state index in [9.17, 15) is 9.59 Å². The van der Waals surface area contributed by atoms with E-state index in [0.717, 1.165) is 30.9 Å². The zero-order valence-electron chi connectivity index (χ0n) is 23.6. The summed E-state index contributed by atoms with van der Waals surface area (Å²) in [5.41, 5.74) is 2.17. The van der Waals surface area contributed by atoms with E-state index in [-0.39, 0.29) is 18.0 Å². The van der Waals surface area contributed by atoms with Crippen LogP contribution in [0.1, 0.15) is 49.3 Å². The van der Waals surface area contributed by atoms with Gasteiger partial charge in [0.1, 0.15) is 22.8 Å². The second kappa shape index (κ2) is 12.2. The number of nitrogens with zero attached hydrogens (tertiary/aromatic N) is 5. The number of pyridine rings is 1. The van der Waals surface area contributed by atoms with E-state index in [4.69, 9.17) is 14.7 Å². The van der Waals surface area contributed by atoms with Crippen LogP contribution in [0, 0.1) is 11.3 Å². The van der Waals surface area contributed by atoms with Crippen LogP contribution in [-0.2, 0) is 11.3 Å². The molecule has 1 aliphatic heterocycles. The zero-order valence-corrected chi connectivity index (χ0v) is 23.6. The Bertz CT molecular complexity index is 1380. The standard InChI is InChI=1S/C31H35N5O4/c1-22-20-35(15-16-36(22)30(38)40-31(2,3)4)21-23-9-11-25(12-10-23)34(5)29(37)28-14-13-27(19-33-28)39-26-8-6-7-24(17-26)18-32/h6-14,17,19,22H,15-16,20-21H2,1-5H3/t22-/m0/s1. The minimum Gasteiger partial charge on any atom is -0.456 e. The van der Waals surface area contributed by atoms with Gasteiger partial charge in [-0.3, -0.25) is 9.69 Å². The molecule has 40 heavy (non-hydrogen) atoms. The van der Waals surface area contributed by atoms with Crippen LogP contribution < -0.4 is 9.64 Å². The smallest absolute Gasteiger partial charge is 0.410 e. The molecule has 3 aromatic rings. The SMILES string of the molecule is C[C@H]1CN(Cc2ccc(N(C)C(=O)c3ccc(Oc4cccc(C#N)c4)cn3)cc2)CCN1C(=O)OC(C)(C)C. The molecule has 4 rings (SSSR count). The van der Waals surface area contributed by atoms with Crippen LogP contribution in [0.15, 0.2) is 66.9 Å². The Morgan fingerprint density at radius 1 is 1.07 bits per heavy atom. The third-order valence-electron chi connectivity index (χ3n) is 6.53. The number of carbonyl (C=O) groups excluding carboxylic acids is 2. The van der Waals surface area contributed by atoms with Crippen molar-refractivity contribution in [2.45, 2.75) is 45.9 Å². The van der Waals surface area contributed by atoms with Crippen LogP contribution >= 0.6 is 0 Å². The molecule has 2 heterocycles. The normalized spacial score (nSPS) is 15.7. The van der Waals surface area contributed by atoms with Crippen molar-refractivity contribution in [3.05, 3.63) is 83.7 Å². The van der Waals surface area contributed by atoms with Crippen LogP contribution in [0.4, 0.5) is 10.5 Å². The maximum atomic E-state index is 13.0. The third-order valence-corrected chi connectivity index (χ3v) is 6.53. The van der Waals surface area contributed by atoms with Crippen LogP contribution in [0.2, 0.25) is 0 Å². The van der Waals surface area contributed by atoms with Crippen molar-refractivity contribution in [2.75, 3.05) is 31.6 Å². The molecule has 1 aliphatic rings. The summed E-state index contributed by atoms with van der Waals surface area (Å²) in [5.74, 6) is 0.759. The highest BCUT2D eigenvalue weighted by Crippen LogP contribution is 2.23. The van der Waals surface area contributed by atoms with Gasteiger partial charge in [0, 0.05) is 45.0 Å². The average Bonchev–Trinajstić information content (AvgIpc) is 2.92. The molecule has 0 unspecified atom stereocenters. The molecule has 0 bridgehead atoms. The summed E-state index contributed by atoms with van der Waals surface area (Å²) in [6, 6.07) is 20.1. The van der Waals surface area contributed by atoms with Crippen molar-refractivity contribution in [1.82, 2.24) is 14.8 Å². The number of piperazine rings is 1. The van der Waals surface area contributed by atoms with E-state index in [1.165, 1.54) is 6.20 Å². The predicted molar refractivity (Wildman–Crippen MR) is 152 cm³/mol. The Balaban J connectivity index is 1.31. The van der Waals surface area contributed by atoms with Gasteiger partial charge in [0.25, 0.3) is 5.91 Å². The average molecular weight is 542 g/mol. The van der Waals surface area contributed by atoms with Gasteiger partial charge in [0.2, 0.25) is 0 Å². The molecule has 2 aromatic carbocycles. The van der Waals surface area contributed by atoms with Crippen molar-refractivity contribution in [3.63, 3.8) is 0 Å². The Labute approximate surface area is 235 Å². The van der Waals surface area contributed by atoms with Gasteiger partial charge in [-0.1, -0.05) is 18.2 Å². The Kier molecular flexibility index (Phi) is 8.70. The number of aromatic nitrogens is 1. The summed E-state index contributed by atoms with van der Waals surface area (Å²) in [5, 5.41) is 9.05. The van der Waals surface area contributed by atoms with Gasteiger partial charge in [-0.15, -0.1) is 0 Å². The van der Waals surface area contributed by atoms with E-state index in [0.29, 0.717) is 29.3 Å². The number of ether oxygens (including phenoxy) is 2. The number of hydrogen-bond donors (Lipinski definition) is 0. The van der Waals surface area contributed by atoms with Crippen molar-refractivity contribution < 1.29 is 19.1 Å². The largest absolute Gasteiger partial charge is 0.456 e. The number of anilines is 1. The maximum absolute atomic E-state index is 13.0. The van der Waals surface area contributed by atoms with Crippen molar-refractivity contribution in [1.29, 1.82) is 5.26 Å². The van der Waals surface area contributed by atoms with Gasteiger partial charge in [0.15, 0.2) is 0 Å². The molecule has 0 radical (unpaired) electrons. The Morgan fingerprint density at radius 2 is 1.82 bits per heavy atom. The molecule has 9 nitrogen and oxygen atoms in total. The van der Waals surface area contributed by atoms with Crippen LogP contribution in [-0.4, -0.2) is 65.1 Å². The highest BCUT2D eigenvalue weighted by molar-refractivity contribution is 6.04. The molecular weight excluding hydrogens is 506 g/mol. The van der Waals surface area contributed by atoms with E-state index >= 15 is 0 Å². The second-order valence-electron chi connectivity index (χ2n) is 10.9. The molecule has 0 saturated carbocycles. The second-order valence-corrected chi connectivity index (χ2v) is 10.9. The number of amides is 2. The lowest BCUT2D eigenvalue weighted by atomic mass is 10.1. The first kappa shape index (κ1) is 28.6. The quantitative estimate of drug-likeness (QED) is 0.408. The van der Waals surface area contributed by atoms with E-state index < -0.39 is 5.60 Å². The first-order valence-corrected chi connectivity index (χ1v) is 13.3. The first-order chi connectivity index (χ1) is 19.0. The summed E-state index contributed by atoms with van der Waals surface area (Å²) in [4.78, 5) is 35.5. The van der Waals surface area contributed by atoms with Gasteiger partial charge in [0.05, 0.1) is 17.8 Å². The minimum absolute atomic E-state index is 0.0543. The fraction of sp³-hybridized carbons (Fsp3) is 0.355. The molecule has 9 heteroatoms. The Morgan fingerprint density at radius 3 is 2.45 bits per heavy atom. The fourth-order valence-corrected chi connectivity index (χ4v) is 4.47. The van der Waals surface area contributed by atoms with E-state index in [2.05, 4.69) is 16.0 Å². The molecule has 1 fully saturated rings. The first-order valence-electron chi connectivity index (χ1n) is 13.3. The molecule has 1 atom stereocenters. The number of nitriles is 1. The summed E-state index contributed by atoms with van der Waals surface area (Å²) in [6.07, 6.45) is 1.23. The van der Waals surface area contributed by atoms with Gasteiger partial charge >= 0.3 is 6.09 Å². The molecular formula is C31H35N5O4. The van der Waals surface area contributed by atoms with Crippen LogP contribution in [0.5, 0.6) is 11.5 Å². The minimum atomic E-state index is -0.509. The number of hydrogen-bond acceptors (Lipinski definition) is 7.